The molecule has 0 aliphatic carbocycles. The summed E-state index contributed by atoms with van der Waals surface area (Å²) in [6.45, 7) is 9.35. The lowest BCUT2D eigenvalue weighted by molar-refractivity contribution is 0.0167. The van der Waals surface area contributed by atoms with Crippen molar-refractivity contribution in [3.8, 4) is 0 Å². The highest BCUT2D eigenvalue weighted by Crippen LogP contribution is 2.15. The summed E-state index contributed by atoms with van der Waals surface area (Å²) in [5.74, 6) is 0. The Kier molecular flexibility index (Phi) is 7.72. The minimum absolute atomic E-state index is 0.195. The van der Waals surface area contributed by atoms with Gasteiger partial charge in [-0.25, -0.2) is 4.79 Å². The van der Waals surface area contributed by atoms with Crippen molar-refractivity contribution in [3.63, 3.8) is 0 Å². The predicted molar refractivity (Wildman–Crippen MR) is 120 cm³/mol. The molecule has 1 saturated heterocycles. The maximum absolute atomic E-state index is 12.0. The highest BCUT2D eigenvalue weighted by molar-refractivity contribution is 6.30. The monoisotopic (exact) mass is 431 g/mol. The smallest absolute Gasteiger partial charge is 0.411 e. The molecule has 0 spiro atoms. The molecule has 1 fully saturated rings. The zero-order valence-electron chi connectivity index (χ0n) is 17.6. The Morgan fingerprint density at radius 3 is 2.17 bits per heavy atom. The molecule has 30 heavy (non-hydrogen) atoms. The van der Waals surface area contributed by atoms with Crippen molar-refractivity contribution in [1.82, 2.24) is 9.80 Å². The standard InChI is InChI=1S/C23H30ClN3O3/c1-23(2,29)17-27-13-11-26(12-14-27)15-18-5-9-21(10-6-18)25-22(28)30-16-19-3-7-20(24)8-4-19/h3-10,29H,11-17H2,1-2H3,(H,25,28). The van der Waals surface area contributed by atoms with Crippen molar-refractivity contribution in [1.29, 1.82) is 0 Å². The van der Waals surface area contributed by atoms with Crippen molar-refractivity contribution < 1.29 is 14.6 Å². The van der Waals surface area contributed by atoms with Crippen molar-refractivity contribution in [2.45, 2.75) is 32.6 Å². The third-order valence-electron chi connectivity index (χ3n) is 4.97. The summed E-state index contributed by atoms with van der Waals surface area (Å²) < 4.78 is 5.24. The van der Waals surface area contributed by atoms with Crippen molar-refractivity contribution >= 4 is 23.4 Å². The molecular formula is C23H30ClN3O3. The van der Waals surface area contributed by atoms with Gasteiger partial charge >= 0.3 is 6.09 Å². The van der Waals surface area contributed by atoms with Gasteiger partial charge in [-0.1, -0.05) is 35.9 Å². The number of nitrogens with zero attached hydrogens (tertiary/aromatic N) is 2. The van der Waals surface area contributed by atoms with E-state index in [2.05, 4.69) is 15.1 Å². The second kappa shape index (κ2) is 10.3. The van der Waals surface area contributed by atoms with Crippen LogP contribution in [0.2, 0.25) is 5.02 Å². The summed E-state index contributed by atoms with van der Waals surface area (Å²) in [6, 6.07) is 15.0. The lowest BCUT2D eigenvalue weighted by atomic mass is 10.1. The molecule has 3 rings (SSSR count). The SMILES string of the molecule is CC(C)(O)CN1CCN(Cc2ccc(NC(=O)OCc3ccc(Cl)cc3)cc2)CC1. The summed E-state index contributed by atoms with van der Waals surface area (Å²) in [5.41, 5.74) is 2.13. The number of ether oxygens (including phenoxy) is 1. The van der Waals surface area contributed by atoms with Crippen LogP contribution in [-0.4, -0.2) is 59.3 Å². The number of carbonyl (C=O) groups excluding carboxylic acids is 1. The number of aliphatic hydroxyl groups is 1. The van der Waals surface area contributed by atoms with Crippen molar-refractivity contribution in [2.75, 3.05) is 38.0 Å². The van der Waals surface area contributed by atoms with Crippen LogP contribution in [0.15, 0.2) is 48.5 Å². The van der Waals surface area contributed by atoms with Crippen LogP contribution in [-0.2, 0) is 17.9 Å². The molecule has 2 N–H and O–H groups in total. The van der Waals surface area contributed by atoms with E-state index >= 15 is 0 Å². The van der Waals surface area contributed by atoms with Gasteiger partial charge in [-0.2, -0.15) is 0 Å². The van der Waals surface area contributed by atoms with Gasteiger partial charge in [-0.3, -0.25) is 15.1 Å². The highest BCUT2D eigenvalue weighted by atomic mass is 35.5. The molecule has 0 radical (unpaired) electrons. The molecule has 162 valence electrons. The Balaban J connectivity index is 1.40. The Hall–Kier alpha value is -2.12. The molecule has 0 bridgehead atoms. The lowest BCUT2D eigenvalue weighted by Gasteiger charge is -2.37. The normalized spacial score (nSPS) is 15.7. The first-order chi connectivity index (χ1) is 14.3. The van der Waals surface area contributed by atoms with E-state index in [-0.39, 0.29) is 6.61 Å². The Morgan fingerprint density at radius 1 is 1.00 bits per heavy atom. The number of β-amino-alcohol motifs (C(OH)–C–C–N with tert-alkyl or cyclic N) is 1. The summed E-state index contributed by atoms with van der Waals surface area (Å²) in [6.07, 6.45) is -0.486. The fourth-order valence-corrected chi connectivity index (χ4v) is 3.61. The molecule has 0 saturated carbocycles. The van der Waals surface area contributed by atoms with Gasteiger partial charge in [0.1, 0.15) is 6.61 Å². The number of halogens is 1. The van der Waals surface area contributed by atoms with Gasteiger partial charge < -0.3 is 9.84 Å². The number of amides is 1. The van der Waals surface area contributed by atoms with Gasteiger partial charge in [0.05, 0.1) is 5.60 Å². The predicted octanol–water partition coefficient (Wildman–Crippen LogP) is 3.98. The molecule has 2 aromatic rings. The fraction of sp³-hybridized carbons (Fsp3) is 0.435. The number of hydrogen-bond donors (Lipinski definition) is 2. The summed E-state index contributed by atoms with van der Waals surface area (Å²) in [5, 5.41) is 13.4. The van der Waals surface area contributed by atoms with E-state index in [0.717, 1.165) is 38.3 Å². The molecule has 0 unspecified atom stereocenters. The number of anilines is 1. The summed E-state index contributed by atoms with van der Waals surface area (Å²) in [4.78, 5) is 16.7. The molecule has 1 aliphatic heterocycles. The Morgan fingerprint density at radius 2 is 1.57 bits per heavy atom. The second-order valence-corrected chi connectivity index (χ2v) is 8.83. The molecule has 1 heterocycles. The van der Waals surface area contributed by atoms with Crippen LogP contribution in [0.25, 0.3) is 0 Å². The van der Waals surface area contributed by atoms with E-state index in [1.807, 2.05) is 50.2 Å². The number of piperazine rings is 1. The maximum atomic E-state index is 12.0. The Labute approximate surface area is 183 Å². The zero-order chi connectivity index (χ0) is 21.6. The van der Waals surface area contributed by atoms with Crippen LogP contribution in [0.5, 0.6) is 0 Å². The molecule has 7 heteroatoms. The molecular weight excluding hydrogens is 402 g/mol. The van der Waals surface area contributed by atoms with Crippen LogP contribution >= 0.6 is 11.6 Å². The number of benzene rings is 2. The van der Waals surface area contributed by atoms with Crippen LogP contribution < -0.4 is 5.32 Å². The highest BCUT2D eigenvalue weighted by Gasteiger charge is 2.22. The molecule has 0 aromatic heterocycles. The molecule has 6 nitrogen and oxygen atoms in total. The topological polar surface area (TPSA) is 65.0 Å². The number of hydrogen-bond acceptors (Lipinski definition) is 5. The van der Waals surface area contributed by atoms with Crippen LogP contribution in [0.4, 0.5) is 10.5 Å². The molecule has 1 aliphatic rings. The first-order valence-corrected chi connectivity index (χ1v) is 10.6. The van der Waals surface area contributed by atoms with Gasteiger partial charge in [0, 0.05) is 50.0 Å². The van der Waals surface area contributed by atoms with Gasteiger partial charge in [0.25, 0.3) is 0 Å². The number of nitrogens with one attached hydrogen (secondary N) is 1. The van der Waals surface area contributed by atoms with Crippen molar-refractivity contribution in [3.05, 3.63) is 64.7 Å². The van der Waals surface area contributed by atoms with E-state index in [1.165, 1.54) is 5.56 Å². The quantitative estimate of drug-likeness (QED) is 0.694. The van der Waals surface area contributed by atoms with Crippen molar-refractivity contribution in [2.24, 2.45) is 0 Å². The van der Waals surface area contributed by atoms with Crippen LogP contribution in [0.1, 0.15) is 25.0 Å². The van der Waals surface area contributed by atoms with E-state index in [4.69, 9.17) is 16.3 Å². The third kappa shape index (κ3) is 7.61. The van der Waals surface area contributed by atoms with E-state index < -0.39 is 11.7 Å². The Bertz CT molecular complexity index is 811. The van der Waals surface area contributed by atoms with E-state index in [1.54, 1.807) is 12.1 Å². The van der Waals surface area contributed by atoms with Gasteiger partial charge in [0.2, 0.25) is 0 Å². The van der Waals surface area contributed by atoms with Gasteiger partial charge in [-0.15, -0.1) is 0 Å². The average molecular weight is 432 g/mol. The number of carbonyl (C=O) groups is 1. The second-order valence-electron chi connectivity index (χ2n) is 8.39. The first kappa shape index (κ1) is 22.6. The number of rotatable bonds is 7. The lowest BCUT2D eigenvalue weighted by Crippen LogP contribution is -2.50. The minimum atomic E-state index is -0.652. The minimum Gasteiger partial charge on any atom is -0.444 e. The largest absolute Gasteiger partial charge is 0.444 e. The average Bonchev–Trinajstić information content (AvgIpc) is 2.69. The fourth-order valence-electron chi connectivity index (χ4n) is 3.49. The van der Waals surface area contributed by atoms with Crippen LogP contribution in [0.3, 0.4) is 0 Å². The molecule has 0 atom stereocenters. The molecule has 1 amide bonds. The summed E-state index contributed by atoms with van der Waals surface area (Å²) >= 11 is 5.85. The van der Waals surface area contributed by atoms with Gasteiger partial charge in [0.15, 0.2) is 0 Å². The summed E-state index contributed by atoms with van der Waals surface area (Å²) in [7, 11) is 0. The maximum Gasteiger partial charge on any atom is 0.411 e. The zero-order valence-corrected chi connectivity index (χ0v) is 18.4. The van der Waals surface area contributed by atoms with Gasteiger partial charge in [-0.05, 0) is 49.2 Å². The first-order valence-electron chi connectivity index (χ1n) is 10.2. The molecule has 2 aromatic carbocycles. The van der Waals surface area contributed by atoms with E-state index in [0.29, 0.717) is 17.3 Å². The van der Waals surface area contributed by atoms with E-state index in [9.17, 15) is 9.90 Å². The third-order valence-corrected chi connectivity index (χ3v) is 5.22. The van der Waals surface area contributed by atoms with Crippen LogP contribution in [0, 0.1) is 0 Å².